The van der Waals surface area contributed by atoms with Gasteiger partial charge in [0.05, 0.1) is 11.1 Å². The van der Waals surface area contributed by atoms with Crippen molar-refractivity contribution in [3.63, 3.8) is 0 Å². The van der Waals surface area contributed by atoms with Gasteiger partial charge in [0, 0.05) is 32.0 Å². The number of amides is 1. The molecule has 5 heteroatoms. The predicted molar refractivity (Wildman–Crippen MR) is 113 cm³/mol. The molecule has 0 aliphatic carbocycles. The Morgan fingerprint density at radius 3 is 2.75 bits per heavy atom. The number of nitrogens with zero attached hydrogens (tertiary/aromatic N) is 3. The van der Waals surface area contributed by atoms with Gasteiger partial charge in [0.15, 0.2) is 0 Å². The molecule has 4 rings (SSSR count). The highest BCUT2D eigenvalue weighted by Crippen LogP contribution is 2.21. The summed E-state index contributed by atoms with van der Waals surface area (Å²) < 4.78 is 2.13. The molecule has 3 heterocycles. The summed E-state index contributed by atoms with van der Waals surface area (Å²) in [5.41, 5.74) is 4.92. The third kappa shape index (κ3) is 4.09. The number of hydrogen-bond acceptors (Lipinski definition) is 3. The van der Waals surface area contributed by atoms with Gasteiger partial charge >= 0.3 is 0 Å². The molecular weight excluding hydrogens is 348 g/mol. The molecule has 1 saturated heterocycles. The first-order valence-corrected chi connectivity index (χ1v) is 10.2. The molecule has 5 nitrogen and oxygen atoms in total. The fourth-order valence-corrected chi connectivity index (χ4v) is 4.00. The van der Waals surface area contributed by atoms with E-state index in [2.05, 4.69) is 51.0 Å². The minimum absolute atomic E-state index is 0.0377. The Labute approximate surface area is 166 Å². The molecule has 0 bridgehead atoms. The molecule has 146 valence electrons. The van der Waals surface area contributed by atoms with E-state index in [1.165, 1.54) is 30.4 Å². The van der Waals surface area contributed by atoms with E-state index in [1.54, 1.807) is 6.20 Å². The summed E-state index contributed by atoms with van der Waals surface area (Å²) in [6.07, 6.45) is 7.56. The zero-order valence-electron chi connectivity index (χ0n) is 16.5. The highest BCUT2D eigenvalue weighted by Gasteiger charge is 2.17. The van der Waals surface area contributed by atoms with E-state index < -0.39 is 0 Å². The van der Waals surface area contributed by atoms with Gasteiger partial charge in [-0.1, -0.05) is 30.7 Å². The highest BCUT2D eigenvalue weighted by atomic mass is 16.1. The van der Waals surface area contributed by atoms with E-state index in [0.717, 1.165) is 37.2 Å². The van der Waals surface area contributed by atoms with E-state index in [0.29, 0.717) is 12.1 Å². The highest BCUT2D eigenvalue weighted by molar-refractivity contribution is 6.05. The topological polar surface area (TPSA) is 50.2 Å². The molecule has 2 aromatic heterocycles. The molecule has 0 saturated carbocycles. The van der Waals surface area contributed by atoms with Crippen LogP contribution in [0.25, 0.3) is 11.0 Å². The number of aryl methyl sites for hydroxylation is 1. The molecule has 0 spiro atoms. The second kappa shape index (κ2) is 8.57. The van der Waals surface area contributed by atoms with E-state index in [4.69, 9.17) is 0 Å². The average molecular weight is 377 g/mol. The van der Waals surface area contributed by atoms with Gasteiger partial charge in [-0.15, -0.1) is 0 Å². The molecule has 1 aliphatic heterocycles. The van der Waals surface area contributed by atoms with Crippen molar-refractivity contribution in [1.82, 2.24) is 19.8 Å². The molecule has 1 N–H and O–H groups in total. The monoisotopic (exact) mass is 376 g/mol. The SMILES string of the molecule is Cc1ccccc1Cn1cc(C(=O)NCCN2CCCCC2)c2ncccc21. The van der Waals surface area contributed by atoms with E-state index in [9.17, 15) is 4.79 Å². The number of pyridine rings is 1. The lowest BCUT2D eigenvalue weighted by Gasteiger charge is -2.26. The second-order valence-corrected chi connectivity index (χ2v) is 7.63. The largest absolute Gasteiger partial charge is 0.351 e. The minimum atomic E-state index is -0.0377. The van der Waals surface area contributed by atoms with Crippen LogP contribution in [0.5, 0.6) is 0 Å². The first-order valence-electron chi connectivity index (χ1n) is 10.2. The van der Waals surface area contributed by atoms with Crippen molar-refractivity contribution in [1.29, 1.82) is 0 Å². The molecule has 0 unspecified atom stereocenters. The van der Waals surface area contributed by atoms with Crippen molar-refractivity contribution >= 4 is 16.9 Å². The lowest BCUT2D eigenvalue weighted by molar-refractivity contribution is 0.0948. The molecular formula is C23H28N4O. The molecule has 1 aromatic carbocycles. The molecule has 28 heavy (non-hydrogen) atoms. The van der Waals surface area contributed by atoms with Crippen molar-refractivity contribution in [3.05, 3.63) is 65.5 Å². The van der Waals surface area contributed by atoms with Crippen LogP contribution in [-0.4, -0.2) is 46.5 Å². The third-order valence-corrected chi connectivity index (χ3v) is 5.64. The Bertz CT molecular complexity index is 956. The maximum Gasteiger partial charge on any atom is 0.255 e. The van der Waals surface area contributed by atoms with Crippen LogP contribution in [0.3, 0.4) is 0 Å². The summed E-state index contributed by atoms with van der Waals surface area (Å²) in [4.78, 5) is 19.8. The number of likely N-dealkylation sites (tertiary alicyclic amines) is 1. The quantitative estimate of drug-likeness (QED) is 0.715. The Morgan fingerprint density at radius 2 is 1.93 bits per heavy atom. The zero-order chi connectivity index (χ0) is 19.3. The lowest BCUT2D eigenvalue weighted by atomic mass is 10.1. The maximum absolute atomic E-state index is 12.9. The van der Waals surface area contributed by atoms with Gasteiger partial charge in [0.1, 0.15) is 5.52 Å². The van der Waals surface area contributed by atoms with Gasteiger partial charge in [0.25, 0.3) is 5.91 Å². The summed E-state index contributed by atoms with van der Waals surface area (Å²) in [5.74, 6) is -0.0377. The van der Waals surface area contributed by atoms with Crippen LogP contribution in [0.4, 0.5) is 0 Å². The molecule has 1 amide bonds. The number of nitrogens with one attached hydrogen (secondary N) is 1. The Morgan fingerprint density at radius 1 is 1.11 bits per heavy atom. The predicted octanol–water partition coefficient (Wildman–Crippen LogP) is 3.61. The molecule has 3 aromatic rings. The number of benzene rings is 1. The summed E-state index contributed by atoms with van der Waals surface area (Å²) in [5, 5.41) is 3.09. The Kier molecular flexibility index (Phi) is 5.72. The fourth-order valence-electron chi connectivity index (χ4n) is 4.00. The first kappa shape index (κ1) is 18.7. The van der Waals surface area contributed by atoms with Gasteiger partial charge < -0.3 is 14.8 Å². The van der Waals surface area contributed by atoms with Crippen molar-refractivity contribution in [3.8, 4) is 0 Å². The van der Waals surface area contributed by atoms with Crippen molar-refractivity contribution in [2.24, 2.45) is 0 Å². The van der Waals surface area contributed by atoms with Crippen LogP contribution < -0.4 is 5.32 Å². The number of carbonyl (C=O) groups is 1. The normalized spacial score (nSPS) is 15.0. The van der Waals surface area contributed by atoms with Crippen LogP contribution in [-0.2, 0) is 6.54 Å². The van der Waals surface area contributed by atoms with Crippen LogP contribution >= 0.6 is 0 Å². The van der Waals surface area contributed by atoms with Crippen molar-refractivity contribution in [2.45, 2.75) is 32.7 Å². The molecule has 0 atom stereocenters. The van der Waals surface area contributed by atoms with Gasteiger partial charge in [0.2, 0.25) is 0 Å². The van der Waals surface area contributed by atoms with Crippen molar-refractivity contribution < 1.29 is 4.79 Å². The fraction of sp³-hybridized carbons (Fsp3) is 0.391. The van der Waals surface area contributed by atoms with Gasteiger partial charge in [-0.2, -0.15) is 0 Å². The minimum Gasteiger partial charge on any atom is -0.351 e. The van der Waals surface area contributed by atoms with Gasteiger partial charge in [-0.3, -0.25) is 9.78 Å². The number of fused-ring (bicyclic) bond motifs is 1. The number of hydrogen-bond donors (Lipinski definition) is 1. The Hall–Kier alpha value is -2.66. The standard InChI is InChI=1S/C23H28N4O/c1-18-8-3-4-9-19(18)16-27-17-20(22-21(27)10-7-11-24-22)23(28)25-12-15-26-13-5-2-6-14-26/h3-4,7-11,17H,2,5-6,12-16H2,1H3,(H,25,28). The number of rotatable bonds is 6. The van der Waals surface area contributed by atoms with E-state index in [1.807, 2.05) is 18.3 Å². The first-order chi connectivity index (χ1) is 13.7. The van der Waals surface area contributed by atoms with E-state index in [-0.39, 0.29) is 5.91 Å². The van der Waals surface area contributed by atoms with Crippen LogP contribution in [0.1, 0.15) is 40.7 Å². The lowest BCUT2D eigenvalue weighted by Crippen LogP contribution is -2.37. The number of aromatic nitrogens is 2. The maximum atomic E-state index is 12.9. The summed E-state index contributed by atoms with van der Waals surface area (Å²) in [6, 6.07) is 12.3. The Balaban J connectivity index is 1.50. The third-order valence-electron chi connectivity index (χ3n) is 5.64. The van der Waals surface area contributed by atoms with Crippen LogP contribution in [0.15, 0.2) is 48.8 Å². The zero-order valence-corrected chi connectivity index (χ0v) is 16.5. The number of carbonyl (C=O) groups excluding carboxylic acids is 1. The smallest absolute Gasteiger partial charge is 0.255 e. The van der Waals surface area contributed by atoms with Crippen LogP contribution in [0.2, 0.25) is 0 Å². The summed E-state index contributed by atoms with van der Waals surface area (Å²) in [7, 11) is 0. The summed E-state index contributed by atoms with van der Waals surface area (Å²) in [6.45, 7) is 6.74. The van der Waals surface area contributed by atoms with Crippen LogP contribution in [0, 0.1) is 6.92 Å². The molecule has 0 radical (unpaired) electrons. The number of piperidine rings is 1. The van der Waals surface area contributed by atoms with E-state index >= 15 is 0 Å². The van der Waals surface area contributed by atoms with Gasteiger partial charge in [-0.25, -0.2) is 0 Å². The average Bonchev–Trinajstić information content (AvgIpc) is 3.09. The second-order valence-electron chi connectivity index (χ2n) is 7.63. The molecule has 1 fully saturated rings. The van der Waals surface area contributed by atoms with Gasteiger partial charge in [-0.05, 0) is 56.1 Å². The summed E-state index contributed by atoms with van der Waals surface area (Å²) >= 11 is 0. The molecule has 1 aliphatic rings. The van der Waals surface area contributed by atoms with Crippen molar-refractivity contribution in [2.75, 3.05) is 26.2 Å².